The van der Waals surface area contributed by atoms with E-state index in [4.69, 9.17) is 17.3 Å². The van der Waals surface area contributed by atoms with Gasteiger partial charge in [0.15, 0.2) is 0 Å². The van der Waals surface area contributed by atoms with Crippen LogP contribution in [0.25, 0.3) is 0 Å². The summed E-state index contributed by atoms with van der Waals surface area (Å²) < 4.78 is 13.5. The molecule has 14 heavy (non-hydrogen) atoms. The Bertz CT molecular complexity index is 351. The summed E-state index contributed by atoms with van der Waals surface area (Å²) in [4.78, 5) is 0. The minimum Gasteiger partial charge on any atom is -0.330 e. The van der Waals surface area contributed by atoms with E-state index in [1.165, 1.54) is 6.07 Å². The smallest absolute Gasteiger partial charge is 0.127 e. The van der Waals surface area contributed by atoms with Gasteiger partial charge in [0.2, 0.25) is 0 Å². The van der Waals surface area contributed by atoms with Crippen LogP contribution in [0.15, 0.2) is 12.1 Å². The van der Waals surface area contributed by atoms with Crippen molar-refractivity contribution in [2.75, 3.05) is 6.54 Å². The molecule has 1 aromatic carbocycles. The van der Waals surface area contributed by atoms with E-state index >= 15 is 0 Å². The summed E-state index contributed by atoms with van der Waals surface area (Å²) in [7, 11) is 0. The van der Waals surface area contributed by atoms with E-state index in [9.17, 15) is 4.39 Å². The summed E-state index contributed by atoms with van der Waals surface area (Å²) in [5.41, 5.74) is 7.30. The summed E-state index contributed by atoms with van der Waals surface area (Å²) in [6.07, 6.45) is 2.72. The predicted octanol–water partition coefficient (Wildman–Crippen LogP) is 2.86. The molecule has 1 aromatic rings. The zero-order valence-electron chi connectivity index (χ0n) is 7.89. The quantitative estimate of drug-likeness (QED) is 0.803. The van der Waals surface area contributed by atoms with E-state index in [0.29, 0.717) is 11.6 Å². The molecule has 0 radical (unpaired) electrons. The average molecular weight is 214 g/mol. The van der Waals surface area contributed by atoms with Gasteiger partial charge in [0.25, 0.3) is 0 Å². The Balaban J connectivity index is 2.42. The van der Waals surface area contributed by atoms with E-state index in [-0.39, 0.29) is 11.7 Å². The maximum atomic E-state index is 13.5. The fourth-order valence-corrected chi connectivity index (χ4v) is 2.52. The standard InChI is InChI=1S/C11H13ClFN/c12-9-3-4-10(13)11-7(5-6-14)1-2-8(9)11/h3-4,7H,1-2,5-6,14H2. The first-order chi connectivity index (χ1) is 6.74. The molecule has 1 unspecified atom stereocenters. The number of hydrogen-bond acceptors (Lipinski definition) is 1. The molecule has 2 N–H and O–H groups in total. The van der Waals surface area contributed by atoms with Gasteiger partial charge in [-0.1, -0.05) is 11.6 Å². The molecule has 0 bridgehead atoms. The molecule has 1 aliphatic carbocycles. The average Bonchev–Trinajstić information content (AvgIpc) is 2.58. The Hall–Kier alpha value is -0.600. The Labute approximate surface area is 88.1 Å². The Morgan fingerprint density at radius 1 is 1.50 bits per heavy atom. The summed E-state index contributed by atoms with van der Waals surface area (Å²) >= 11 is 6.01. The van der Waals surface area contributed by atoms with Crippen LogP contribution < -0.4 is 5.73 Å². The maximum absolute atomic E-state index is 13.5. The fourth-order valence-electron chi connectivity index (χ4n) is 2.26. The van der Waals surface area contributed by atoms with E-state index in [2.05, 4.69) is 0 Å². The normalized spacial score (nSPS) is 19.8. The van der Waals surface area contributed by atoms with E-state index in [0.717, 1.165) is 30.4 Å². The van der Waals surface area contributed by atoms with Crippen molar-refractivity contribution >= 4 is 11.6 Å². The molecule has 0 fully saturated rings. The third-order valence-electron chi connectivity index (χ3n) is 2.91. The molecule has 0 saturated carbocycles. The number of halogens is 2. The van der Waals surface area contributed by atoms with Crippen molar-refractivity contribution < 1.29 is 4.39 Å². The third kappa shape index (κ3) is 1.53. The molecular formula is C11H13ClFN. The molecule has 1 aliphatic rings. The van der Waals surface area contributed by atoms with Crippen LogP contribution in [0.3, 0.4) is 0 Å². The molecule has 0 aromatic heterocycles. The molecule has 3 heteroatoms. The van der Waals surface area contributed by atoms with E-state index in [1.807, 2.05) is 0 Å². The highest BCUT2D eigenvalue weighted by atomic mass is 35.5. The number of rotatable bonds is 2. The van der Waals surface area contributed by atoms with Crippen LogP contribution in [0.5, 0.6) is 0 Å². The van der Waals surface area contributed by atoms with Gasteiger partial charge in [0.05, 0.1) is 0 Å². The van der Waals surface area contributed by atoms with Crippen molar-refractivity contribution in [2.24, 2.45) is 5.73 Å². The highest BCUT2D eigenvalue weighted by Crippen LogP contribution is 2.40. The largest absolute Gasteiger partial charge is 0.330 e. The molecule has 1 atom stereocenters. The SMILES string of the molecule is NCCC1CCc2c(Cl)ccc(F)c21. The van der Waals surface area contributed by atoms with Crippen LogP contribution in [0.4, 0.5) is 4.39 Å². The Morgan fingerprint density at radius 2 is 2.29 bits per heavy atom. The summed E-state index contributed by atoms with van der Waals surface area (Å²) in [6, 6.07) is 3.09. The van der Waals surface area contributed by atoms with Crippen molar-refractivity contribution in [3.05, 3.63) is 34.1 Å². The first kappa shape index (κ1) is 9.94. The lowest BCUT2D eigenvalue weighted by molar-refractivity contribution is 0.564. The van der Waals surface area contributed by atoms with Gasteiger partial charge in [-0.25, -0.2) is 4.39 Å². The molecule has 0 heterocycles. The predicted molar refractivity (Wildman–Crippen MR) is 56.1 cm³/mol. The first-order valence-corrected chi connectivity index (χ1v) is 5.28. The number of benzene rings is 1. The monoisotopic (exact) mass is 213 g/mol. The van der Waals surface area contributed by atoms with Crippen molar-refractivity contribution in [3.8, 4) is 0 Å². The van der Waals surface area contributed by atoms with Gasteiger partial charge in [0, 0.05) is 5.02 Å². The molecule has 76 valence electrons. The Morgan fingerprint density at radius 3 is 3.00 bits per heavy atom. The second-order valence-electron chi connectivity index (χ2n) is 3.73. The minimum absolute atomic E-state index is 0.125. The zero-order valence-corrected chi connectivity index (χ0v) is 8.65. The van der Waals surface area contributed by atoms with Crippen molar-refractivity contribution in [2.45, 2.75) is 25.2 Å². The second-order valence-corrected chi connectivity index (χ2v) is 4.14. The maximum Gasteiger partial charge on any atom is 0.127 e. The first-order valence-electron chi connectivity index (χ1n) is 4.91. The minimum atomic E-state index is -0.125. The lowest BCUT2D eigenvalue weighted by Crippen LogP contribution is -2.06. The summed E-state index contributed by atoms with van der Waals surface area (Å²) in [6.45, 7) is 0.607. The molecule has 0 aliphatic heterocycles. The lowest BCUT2D eigenvalue weighted by Gasteiger charge is -2.11. The van der Waals surface area contributed by atoms with Crippen LogP contribution in [-0.2, 0) is 6.42 Å². The lowest BCUT2D eigenvalue weighted by atomic mass is 9.97. The highest BCUT2D eigenvalue weighted by Gasteiger charge is 2.26. The van der Waals surface area contributed by atoms with Gasteiger partial charge in [-0.05, 0) is 55.0 Å². The van der Waals surface area contributed by atoms with Crippen LogP contribution >= 0.6 is 11.6 Å². The van der Waals surface area contributed by atoms with Gasteiger partial charge in [-0.2, -0.15) is 0 Å². The van der Waals surface area contributed by atoms with E-state index in [1.54, 1.807) is 6.07 Å². The second kappa shape index (κ2) is 3.87. The van der Waals surface area contributed by atoms with Crippen LogP contribution in [-0.4, -0.2) is 6.54 Å². The Kier molecular flexibility index (Phi) is 2.75. The summed E-state index contributed by atoms with van der Waals surface area (Å²) in [5.74, 6) is 0.147. The molecule has 1 nitrogen and oxygen atoms in total. The van der Waals surface area contributed by atoms with Crippen LogP contribution in [0, 0.1) is 5.82 Å². The zero-order chi connectivity index (χ0) is 10.1. The van der Waals surface area contributed by atoms with Gasteiger partial charge in [-0.3, -0.25) is 0 Å². The van der Waals surface area contributed by atoms with Gasteiger partial charge < -0.3 is 5.73 Å². The van der Waals surface area contributed by atoms with Crippen molar-refractivity contribution in [1.29, 1.82) is 0 Å². The van der Waals surface area contributed by atoms with Gasteiger partial charge >= 0.3 is 0 Å². The molecule has 0 saturated heterocycles. The number of fused-ring (bicyclic) bond motifs is 1. The third-order valence-corrected chi connectivity index (χ3v) is 3.27. The number of hydrogen-bond donors (Lipinski definition) is 1. The van der Waals surface area contributed by atoms with Gasteiger partial charge in [0.1, 0.15) is 5.82 Å². The van der Waals surface area contributed by atoms with Crippen molar-refractivity contribution in [3.63, 3.8) is 0 Å². The van der Waals surface area contributed by atoms with Crippen LogP contribution in [0.2, 0.25) is 5.02 Å². The molecule has 2 rings (SSSR count). The molecule has 0 spiro atoms. The topological polar surface area (TPSA) is 26.0 Å². The molecule has 0 amide bonds. The summed E-state index contributed by atoms with van der Waals surface area (Å²) in [5, 5.41) is 0.695. The van der Waals surface area contributed by atoms with E-state index < -0.39 is 0 Å². The van der Waals surface area contributed by atoms with Crippen molar-refractivity contribution in [1.82, 2.24) is 0 Å². The fraction of sp³-hybridized carbons (Fsp3) is 0.455. The van der Waals surface area contributed by atoms with Crippen LogP contribution in [0.1, 0.15) is 29.9 Å². The van der Waals surface area contributed by atoms with Gasteiger partial charge in [-0.15, -0.1) is 0 Å². The highest BCUT2D eigenvalue weighted by molar-refractivity contribution is 6.31. The number of nitrogens with two attached hydrogens (primary N) is 1. The molecular weight excluding hydrogens is 201 g/mol.